The van der Waals surface area contributed by atoms with Gasteiger partial charge in [-0.2, -0.15) is 0 Å². The fourth-order valence-electron chi connectivity index (χ4n) is 2.83. The summed E-state index contributed by atoms with van der Waals surface area (Å²) in [6.07, 6.45) is -1.04. The molecule has 1 fully saturated rings. The Balaban J connectivity index is 1.59. The minimum absolute atomic E-state index is 0.0557. The average Bonchev–Trinajstić information content (AvgIpc) is 3.26. The lowest BCUT2D eigenvalue weighted by Gasteiger charge is -2.25. The number of carbonyl (C=O) groups excluding carboxylic acids is 1. The van der Waals surface area contributed by atoms with Gasteiger partial charge in [-0.3, -0.25) is 9.36 Å². The zero-order valence-corrected chi connectivity index (χ0v) is 20.0. The first-order valence-electron chi connectivity index (χ1n) is 9.49. The molecule has 12 nitrogen and oxygen atoms in total. The zero-order chi connectivity index (χ0) is 23.7. The molecule has 1 saturated heterocycles. The first-order chi connectivity index (χ1) is 15.0. The molecular formula is C17H24ClN5O7PS+. The normalized spacial score (nSPS) is 26.6. The first kappa shape index (κ1) is 25.2. The fourth-order valence-corrected chi connectivity index (χ4v) is 4.66. The van der Waals surface area contributed by atoms with Crippen LogP contribution in [0.1, 0.15) is 27.0 Å². The van der Waals surface area contributed by atoms with E-state index in [2.05, 4.69) is 15.0 Å². The maximum Gasteiger partial charge on any atom is 0.700 e. The number of halogens is 1. The zero-order valence-electron chi connectivity index (χ0n) is 17.5. The summed E-state index contributed by atoms with van der Waals surface area (Å²) in [5.41, 5.74) is 5.61. The number of nitrogens with zero attached hydrogens (tertiary/aromatic N) is 4. The standard InChI is InChI=1S/C17H24ClN5O7PS/c1-16(2,6-24)15(26)32-5-4-28-31(27)30-13-10(25)17(3,18)14(29-13)23-8-22-9-11(19)20-7-21-12(9)23/h7-8,10,13-14,24-25H,4-6H2,1-3H3,(H2,19,20,21)/q+1. The van der Waals surface area contributed by atoms with Gasteiger partial charge in [-0.05, 0) is 20.8 Å². The second-order valence-electron chi connectivity index (χ2n) is 7.88. The van der Waals surface area contributed by atoms with Crippen LogP contribution < -0.4 is 5.73 Å². The lowest BCUT2D eigenvalue weighted by Crippen LogP contribution is -2.38. The number of nitrogens with two attached hydrogens (primary N) is 1. The van der Waals surface area contributed by atoms with Gasteiger partial charge in [0.15, 0.2) is 22.8 Å². The minimum Gasteiger partial charge on any atom is -0.395 e. The molecule has 1 aliphatic rings. The molecular weight excluding hydrogens is 485 g/mol. The van der Waals surface area contributed by atoms with Crippen LogP contribution in [0, 0.1) is 5.41 Å². The SMILES string of the molecule is CC(C)(CO)C(=O)SCCO[P+](=O)OC1OC(n2cnc3c(N)ncnc32)C(C)(Cl)C1O. The number of carbonyl (C=O) groups is 1. The largest absolute Gasteiger partial charge is 0.700 e. The van der Waals surface area contributed by atoms with Gasteiger partial charge in [-0.1, -0.05) is 16.3 Å². The number of hydrogen-bond donors (Lipinski definition) is 3. The number of alkyl halides is 1. The van der Waals surface area contributed by atoms with Crippen LogP contribution in [0.4, 0.5) is 5.82 Å². The van der Waals surface area contributed by atoms with Crippen LogP contribution >= 0.6 is 31.6 Å². The molecule has 15 heteroatoms. The van der Waals surface area contributed by atoms with Crippen molar-refractivity contribution in [2.45, 2.75) is 44.3 Å². The number of rotatable bonds is 9. The molecule has 0 radical (unpaired) electrons. The van der Waals surface area contributed by atoms with Crippen molar-refractivity contribution in [1.82, 2.24) is 19.5 Å². The molecule has 32 heavy (non-hydrogen) atoms. The Bertz CT molecular complexity index is 1010. The van der Waals surface area contributed by atoms with Crippen molar-refractivity contribution in [2.75, 3.05) is 24.7 Å². The summed E-state index contributed by atoms with van der Waals surface area (Å²) in [4.78, 5) is 22.7. The number of fused-ring (bicyclic) bond motifs is 1. The second kappa shape index (κ2) is 9.82. The lowest BCUT2D eigenvalue weighted by atomic mass is 9.97. The summed E-state index contributed by atoms with van der Waals surface area (Å²) in [5, 5.41) is 19.6. The maximum absolute atomic E-state index is 12.2. The van der Waals surface area contributed by atoms with Crippen LogP contribution in [0.15, 0.2) is 12.7 Å². The number of ether oxygens (including phenoxy) is 1. The smallest absolute Gasteiger partial charge is 0.395 e. The summed E-state index contributed by atoms with van der Waals surface area (Å²) in [6, 6.07) is 0. The van der Waals surface area contributed by atoms with Gasteiger partial charge >= 0.3 is 8.25 Å². The molecule has 2 aromatic rings. The Morgan fingerprint density at radius 2 is 2.19 bits per heavy atom. The third-order valence-corrected chi connectivity index (χ3v) is 7.24. The van der Waals surface area contributed by atoms with Crippen molar-refractivity contribution in [3.05, 3.63) is 12.7 Å². The summed E-state index contributed by atoms with van der Waals surface area (Å²) >= 11 is 7.49. The molecule has 0 saturated carbocycles. The van der Waals surface area contributed by atoms with E-state index < -0.39 is 37.2 Å². The van der Waals surface area contributed by atoms with Gasteiger partial charge < -0.3 is 20.7 Å². The van der Waals surface area contributed by atoms with Crippen LogP contribution in [-0.4, -0.2) is 71.1 Å². The Morgan fingerprint density at radius 3 is 2.88 bits per heavy atom. The van der Waals surface area contributed by atoms with E-state index in [-0.39, 0.29) is 29.9 Å². The van der Waals surface area contributed by atoms with E-state index in [1.165, 1.54) is 24.1 Å². The van der Waals surface area contributed by atoms with E-state index in [9.17, 15) is 19.6 Å². The molecule has 0 amide bonds. The van der Waals surface area contributed by atoms with Gasteiger partial charge in [0.25, 0.3) is 0 Å². The van der Waals surface area contributed by atoms with E-state index in [1.54, 1.807) is 13.8 Å². The van der Waals surface area contributed by atoms with E-state index >= 15 is 0 Å². The van der Waals surface area contributed by atoms with Gasteiger partial charge in [-0.15, -0.1) is 16.1 Å². The quantitative estimate of drug-likeness (QED) is 0.254. The molecule has 2 aromatic heterocycles. The summed E-state index contributed by atoms with van der Waals surface area (Å²) in [6.45, 7) is 4.43. The van der Waals surface area contributed by atoms with Crippen LogP contribution in [0.3, 0.4) is 0 Å². The number of aliphatic hydroxyl groups excluding tert-OH is 2. The number of anilines is 1. The Kier molecular flexibility index (Phi) is 7.73. The second-order valence-corrected chi connectivity index (χ2v) is 10.7. The fraction of sp³-hybridized carbons (Fsp3) is 0.647. The number of nitrogen functional groups attached to an aromatic ring is 1. The van der Waals surface area contributed by atoms with Gasteiger partial charge in [0.1, 0.15) is 29.4 Å². The monoisotopic (exact) mass is 508 g/mol. The van der Waals surface area contributed by atoms with E-state index in [0.717, 1.165) is 11.8 Å². The van der Waals surface area contributed by atoms with Crippen molar-refractivity contribution >= 4 is 53.7 Å². The number of imidazole rings is 1. The van der Waals surface area contributed by atoms with Crippen molar-refractivity contribution in [3.8, 4) is 0 Å². The van der Waals surface area contributed by atoms with E-state index in [1.807, 2.05) is 0 Å². The van der Waals surface area contributed by atoms with Crippen molar-refractivity contribution in [2.24, 2.45) is 5.41 Å². The average molecular weight is 509 g/mol. The highest BCUT2D eigenvalue weighted by atomic mass is 35.5. The first-order valence-corrected chi connectivity index (χ1v) is 12.0. The van der Waals surface area contributed by atoms with Crippen LogP contribution in [0.25, 0.3) is 11.2 Å². The van der Waals surface area contributed by atoms with Crippen molar-refractivity contribution in [1.29, 1.82) is 0 Å². The summed E-state index contributed by atoms with van der Waals surface area (Å²) < 4.78 is 29.7. The van der Waals surface area contributed by atoms with Crippen LogP contribution in [0.5, 0.6) is 0 Å². The lowest BCUT2D eigenvalue weighted by molar-refractivity contribution is -0.126. The molecule has 5 unspecified atom stereocenters. The molecule has 3 heterocycles. The third kappa shape index (κ3) is 5.05. The number of hydrogen-bond acceptors (Lipinski definition) is 12. The highest BCUT2D eigenvalue weighted by Crippen LogP contribution is 2.46. The molecule has 0 aromatic carbocycles. The predicted molar refractivity (Wildman–Crippen MR) is 117 cm³/mol. The van der Waals surface area contributed by atoms with Gasteiger partial charge in [0.05, 0.1) is 18.3 Å². The van der Waals surface area contributed by atoms with Crippen molar-refractivity contribution < 1.29 is 33.4 Å². The Labute approximate surface area is 193 Å². The number of aromatic nitrogens is 4. The maximum atomic E-state index is 12.2. The minimum atomic E-state index is -2.68. The molecule has 0 spiro atoms. The topological polar surface area (TPSA) is 172 Å². The van der Waals surface area contributed by atoms with E-state index in [0.29, 0.717) is 11.2 Å². The molecule has 176 valence electrons. The molecule has 4 N–H and O–H groups in total. The Hall–Kier alpha value is -1.44. The molecule has 0 aliphatic carbocycles. The third-order valence-electron chi connectivity index (χ3n) is 4.87. The highest BCUT2D eigenvalue weighted by Gasteiger charge is 2.57. The van der Waals surface area contributed by atoms with Gasteiger partial charge in [0.2, 0.25) is 6.29 Å². The highest BCUT2D eigenvalue weighted by molar-refractivity contribution is 8.13. The van der Waals surface area contributed by atoms with Crippen LogP contribution in [0.2, 0.25) is 0 Å². The molecule has 0 bridgehead atoms. The van der Waals surface area contributed by atoms with Crippen molar-refractivity contribution in [3.63, 3.8) is 0 Å². The summed E-state index contributed by atoms with van der Waals surface area (Å²) in [7, 11) is -2.68. The van der Waals surface area contributed by atoms with Gasteiger partial charge in [0, 0.05) is 10.3 Å². The Morgan fingerprint density at radius 1 is 1.47 bits per heavy atom. The van der Waals surface area contributed by atoms with E-state index in [4.69, 9.17) is 31.1 Å². The number of thioether (sulfide) groups is 1. The van der Waals surface area contributed by atoms with Gasteiger partial charge in [-0.25, -0.2) is 15.0 Å². The molecule has 5 atom stereocenters. The predicted octanol–water partition coefficient (Wildman–Crippen LogP) is 1.59. The summed E-state index contributed by atoms with van der Waals surface area (Å²) in [5.74, 6) is 0.380. The van der Waals surface area contributed by atoms with Crippen LogP contribution in [-0.2, 0) is 23.1 Å². The number of aliphatic hydroxyl groups is 2. The molecule has 1 aliphatic heterocycles. The molecule has 3 rings (SSSR count).